The third-order valence-electron chi connectivity index (χ3n) is 9.99. The van der Waals surface area contributed by atoms with Crippen LogP contribution in [0.15, 0.2) is 30.9 Å². The number of thiophene rings is 1. The normalized spacial score (nSPS) is 20.6. The van der Waals surface area contributed by atoms with Crippen LogP contribution in [0.5, 0.6) is 5.88 Å². The van der Waals surface area contributed by atoms with Gasteiger partial charge in [-0.15, -0.1) is 11.3 Å². The lowest BCUT2D eigenvalue weighted by atomic mass is 9.92. The Labute approximate surface area is 275 Å². The second kappa shape index (κ2) is 10.7. The van der Waals surface area contributed by atoms with E-state index in [0.29, 0.717) is 42.8 Å². The molecule has 3 aliphatic heterocycles. The highest BCUT2D eigenvalue weighted by atomic mass is 32.1. The summed E-state index contributed by atoms with van der Waals surface area (Å²) in [6.07, 6.45) is -1.69. The number of benzene rings is 2. The number of alkyl halides is 3. The van der Waals surface area contributed by atoms with Crippen LogP contribution in [0.2, 0.25) is 0 Å². The lowest BCUT2D eigenvalue weighted by Crippen LogP contribution is -2.66. The smallest absolute Gasteiger partial charge is 0.417 e. The number of likely N-dealkylation sites (tertiary alicyclic amines) is 2. The molecule has 4 aliphatic rings. The van der Waals surface area contributed by atoms with Gasteiger partial charge < -0.3 is 20.3 Å². The predicted molar refractivity (Wildman–Crippen MR) is 169 cm³/mol. The number of nitrogen functional groups attached to an aromatic ring is 1. The van der Waals surface area contributed by atoms with Gasteiger partial charge in [-0.3, -0.25) is 9.69 Å². The molecule has 15 heteroatoms. The number of nitrogens with zero attached hydrogens (tertiary/aromatic N) is 6. The number of rotatable bonds is 6. The first-order chi connectivity index (χ1) is 22.9. The highest BCUT2D eigenvalue weighted by molar-refractivity contribution is 7.23. The molecule has 1 aliphatic carbocycles. The first-order valence-electron chi connectivity index (χ1n) is 15.5. The molecule has 2 N–H and O–H groups in total. The fourth-order valence-electron chi connectivity index (χ4n) is 7.14. The van der Waals surface area contributed by atoms with Crippen LogP contribution in [-0.4, -0.2) is 77.1 Å². The van der Waals surface area contributed by atoms with Crippen molar-refractivity contribution >= 4 is 49.2 Å². The van der Waals surface area contributed by atoms with Gasteiger partial charge >= 0.3 is 6.18 Å². The van der Waals surface area contributed by atoms with Crippen LogP contribution in [0.25, 0.3) is 32.1 Å². The summed E-state index contributed by atoms with van der Waals surface area (Å²) >= 11 is 0.701. The van der Waals surface area contributed by atoms with Gasteiger partial charge in [0, 0.05) is 56.1 Å². The average Bonchev–Trinajstić information content (AvgIpc) is 3.54. The van der Waals surface area contributed by atoms with Crippen molar-refractivity contribution in [2.45, 2.75) is 37.6 Å². The van der Waals surface area contributed by atoms with Crippen molar-refractivity contribution < 1.29 is 31.5 Å². The van der Waals surface area contributed by atoms with Gasteiger partial charge in [-0.25, -0.2) is 13.8 Å². The number of carbonyl (C=O) groups excluding carboxylic acids is 1. The van der Waals surface area contributed by atoms with Gasteiger partial charge in [0.25, 0.3) is 0 Å². The van der Waals surface area contributed by atoms with Crippen LogP contribution >= 0.6 is 11.3 Å². The second-order valence-corrected chi connectivity index (χ2v) is 14.1. The summed E-state index contributed by atoms with van der Waals surface area (Å²) in [5, 5.41) is 9.17. The maximum Gasteiger partial charge on any atom is 0.417 e. The van der Waals surface area contributed by atoms with Crippen LogP contribution < -0.4 is 15.4 Å². The third-order valence-corrected chi connectivity index (χ3v) is 11.0. The Morgan fingerprint density at radius 1 is 1.19 bits per heavy atom. The quantitative estimate of drug-likeness (QED) is 0.204. The molecule has 2 aromatic heterocycles. The van der Waals surface area contributed by atoms with E-state index in [2.05, 4.69) is 21.4 Å². The van der Waals surface area contributed by atoms with Crippen molar-refractivity contribution in [3.05, 3.63) is 53.6 Å². The Balaban J connectivity index is 1.27. The number of hydrogen-bond donors (Lipinski definition) is 1. The fraction of sp³-hybridized carbons (Fsp3) is 0.394. The maximum absolute atomic E-state index is 16.9. The number of nitrogens with two attached hydrogens (primary N) is 1. The summed E-state index contributed by atoms with van der Waals surface area (Å²) in [5.41, 5.74) is 3.15. The number of carbonyl (C=O) groups is 1. The van der Waals surface area contributed by atoms with E-state index >= 15 is 4.39 Å². The number of fused-ring (bicyclic) bond motifs is 2. The molecule has 4 fully saturated rings. The standard InChI is InChI=1S/C33H28F5N7O2S/c1-2-23(46)43-8-5-17(13-43)47-30-19-9-21(33(36,37)38)25(18-3-4-22(34)28-24(18)20(10-39)29(40)48-28)26(35)27(19)41-31(42-30)44-11-16(12-44)45-14-32(15-45)6-7-32/h2-4,9,16-17H,1,5-8,11-15,40H2. The van der Waals surface area contributed by atoms with E-state index in [1.165, 1.54) is 23.8 Å². The Bertz CT molecular complexity index is 2080. The molecule has 1 spiro atoms. The molecule has 4 aromatic rings. The molecule has 1 unspecified atom stereocenters. The molecule has 8 rings (SSSR count). The van der Waals surface area contributed by atoms with Gasteiger partial charge in [0.05, 0.1) is 27.8 Å². The lowest BCUT2D eigenvalue weighted by Gasteiger charge is -2.52. The fourth-order valence-corrected chi connectivity index (χ4v) is 8.09. The average molecular weight is 682 g/mol. The highest BCUT2D eigenvalue weighted by Gasteiger charge is 2.55. The van der Waals surface area contributed by atoms with E-state index in [-0.39, 0.29) is 61.9 Å². The molecule has 248 valence electrons. The van der Waals surface area contributed by atoms with Crippen LogP contribution in [0.3, 0.4) is 0 Å². The second-order valence-electron chi connectivity index (χ2n) is 13.1. The Morgan fingerprint density at radius 2 is 1.94 bits per heavy atom. The SMILES string of the molecule is C=CC(=O)N1CCC(Oc2nc(N3CC(N4CC5(CC5)C4)C3)nc3c(F)c(-c4ccc(F)c5sc(N)c(C#N)c45)c(C(F)(F)F)cc23)C1. The van der Waals surface area contributed by atoms with Gasteiger partial charge in [0.1, 0.15) is 28.5 Å². The van der Waals surface area contributed by atoms with Crippen molar-refractivity contribution in [3.8, 4) is 23.1 Å². The molecule has 1 amide bonds. The minimum absolute atomic E-state index is 0.0961. The van der Waals surface area contributed by atoms with Gasteiger partial charge in [-0.1, -0.05) is 12.6 Å². The molecule has 1 atom stereocenters. The Morgan fingerprint density at radius 3 is 2.60 bits per heavy atom. The molecule has 0 bridgehead atoms. The third kappa shape index (κ3) is 4.83. The molecule has 48 heavy (non-hydrogen) atoms. The van der Waals surface area contributed by atoms with Gasteiger partial charge in [0.15, 0.2) is 5.82 Å². The van der Waals surface area contributed by atoms with E-state index in [1.54, 1.807) is 0 Å². The van der Waals surface area contributed by atoms with E-state index in [1.807, 2.05) is 11.0 Å². The minimum Gasteiger partial charge on any atom is -0.472 e. The van der Waals surface area contributed by atoms with Crippen molar-refractivity contribution in [3.63, 3.8) is 0 Å². The molecule has 5 heterocycles. The molecule has 1 saturated carbocycles. The summed E-state index contributed by atoms with van der Waals surface area (Å²) in [6.45, 7) is 7.15. The van der Waals surface area contributed by atoms with Crippen LogP contribution in [0.1, 0.15) is 30.4 Å². The summed E-state index contributed by atoms with van der Waals surface area (Å²) in [4.78, 5) is 26.9. The van der Waals surface area contributed by atoms with Crippen molar-refractivity contribution in [1.29, 1.82) is 5.26 Å². The highest BCUT2D eigenvalue weighted by Crippen LogP contribution is 2.54. The predicted octanol–water partition coefficient (Wildman–Crippen LogP) is 5.71. The zero-order valence-electron chi connectivity index (χ0n) is 25.4. The molecule has 0 radical (unpaired) electrons. The number of halogens is 5. The van der Waals surface area contributed by atoms with E-state index in [4.69, 9.17) is 10.5 Å². The summed E-state index contributed by atoms with van der Waals surface area (Å²) < 4.78 is 82.3. The van der Waals surface area contributed by atoms with Crippen LogP contribution in [0, 0.1) is 28.4 Å². The first-order valence-corrected chi connectivity index (χ1v) is 16.3. The zero-order valence-corrected chi connectivity index (χ0v) is 26.2. The number of amides is 1. The Kier molecular flexibility index (Phi) is 6.88. The monoisotopic (exact) mass is 681 g/mol. The Hall–Kier alpha value is -4.55. The van der Waals surface area contributed by atoms with Crippen molar-refractivity contribution in [2.24, 2.45) is 5.41 Å². The minimum atomic E-state index is -5.09. The lowest BCUT2D eigenvalue weighted by molar-refractivity contribution is -0.137. The molecule has 9 nitrogen and oxygen atoms in total. The molecule has 3 saturated heterocycles. The number of ether oxygens (including phenoxy) is 1. The van der Waals surface area contributed by atoms with Crippen LogP contribution in [0.4, 0.5) is 32.9 Å². The van der Waals surface area contributed by atoms with E-state index in [0.717, 1.165) is 31.3 Å². The van der Waals surface area contributed by atoms with Gasteiger partial charge in [0.2, 0.25) is 17.7 Å². The summed E-state index contributed by atoms with van der Waals surface area (Å²) in [5.74, 6) is -2.58. The van der Waals surface area contributed by atoms with E-state index in [9.17, 15) is 27.6 Å². The first kappa shape index (κ1) is 30.8. The zero-order chi connectivity index (χ0) is 33.7. The number of aromatic nitrogens is 2. The topological polar surface area (TPSA) is 112 Å². The van der Waals surface area contributed by atoms with Gasteiger partial charge in [-0.05, 0) is 42.0 Å². The summed E-state index contributed by atoms with van der Waals surface area (Å²) in [6, 6.07) is 4.77. The van der Waals surface area contributed by atoms with Gasteiger partial charge in [-0.2, -0.15) is 23.4 Å². The van der Waals surface area contributed by atoms with E-state index < -0.39 is 40.6 Å². The molecular weight excluding hydrogens is 653 g/mol. The largest absolute Gasteiger partial charge is 0.472 e. The van der Waals surface area contributed by atoms with Crippen molar-refractivity contribution in [1.82, 2.24) is 19.8 Å². The number of anilines is 2. The number of nitriles is 1. The van der Waals surface area contributed by atoms with Crippen molar-refractivity contribution in [2.75, 3.05) is 49.9 Å². The summed E-state index contributed by atoms with van der Waals surface area (Å²) in [7, 11) is 0. The number of hydrogen-bond acceptors (Lipinski definition) is 9. The molecule has 2 aromatic carbocycles. The molecular formula is C33H28F5N7O2S. The maximum atomic E-state index is 16.9. The van der Waals surface area contributed by atoms with Crippen LogP contribution in [-0.2, 0) is 11.0 Å².